The van der Waals surface area contributed by atoms with Crippen molar-refractivity contribution in [3.05, 3.63) is 71.9 Å². The highest BCUT2D eigenvalue weighted by molar-refractivity contribution is 8.02. The Balaban J connectivity index is 1.59. The van der Waals surface area contributed by atoms with Gasteiger partial charge in [0.05, 0.1) is 0 Å². The van der Waals surface area contributed by atoms with Crippen molar-refractivity contribution >= 4 is 23.5 Å². The first-order valence-electron chi connectivity index (χ1n) is 7.89. The van der Waals surface area contributed by atoms with E-state index in [1.165, 1.54) is 46.6 Å². The van der Waals surface area contributed by atoms with E-state index in [9.17, 15) is 0 Å². The molecular weight excluding hydrogens is 304 g/mol. The van der Waals surface area contributed by atoms with Crippen LogP contribution < -0.4 is 0 Å². The molecule has 0 heterocycles. The Bertz CT molecular complexity index is 565. The Hall–Kier alpha value is -1.12. The first kappa shape index (κ1) is 15.8. The van der Waals surface area contributed by atoms with Crippen molar-refractivity contribution in [2.24, 2.45) is 0 Å². The van der Waals surface area contributed by atoms with Gasteiger partial charge < -0.3 is 0 Å². The number of benzene rings is 1. The van der Waals surface area contributed by atoms with Crippen molar-refractivity contribution < 1.29 is 0 Å². The van der Waals surface area contributed by atoms with Gasteiger partial charge in [-0.1, -0.05) is 48.6 Å². The van der Waals surface area contributed by atoms with Crippen LogP contribution in [0.4, 0.5) is 0 Å². The third-order valence-electron chi connectivity index (χ3n) is 3.70. The maximum atomic E-state index is 3.42. The van der Waals surface area contributed by atoms with E-state index in [0.717, 1.165) is 11.5 Å². The van der Waals surface area contributed by atoms with Crippen LogP contribution in [-0.2, 0) is 0 Å². The van der Waals surface area contributed by atoms with E-state index < -0.39 is 0 Å². The van der Waals surface area contributed by atoms with E-state index in [-0.39, 0.29) is 0 Å². The number of hydrogen-bond acceptors (Lipinski definition) is 2. The van der Waals surface area contributed by atoms with Gasteiger partial charge in [0.2, 0.25) is 0 Å². The van der Waals surface area contributed by atoms with E-state index in [4.69, 9.17) is 0 Å². The predicted molar refractivity (Wildman–Crippen MR) is 99.6 cm³/mol. The van der Waals surface area contributed by atoms with Crippen molar-refractivity contribution in [3.8, 4) is 0 Å². The van der Waals surface area contributed by atoms with Crippen molar-refractivity contribution in [1.29, 1.82) is 0 Å². The molecule has 0 atom stereocenters. The Kier molecular flexibility index (Phi) is 6.09. The van der Waals surface area contributed by atoms with Crippen LogP contribution in [0.15, 0.2) is 75.6 Å². The molecule has 1 aromatic carbocycles. The highest BCUT2D eigenvalue weighted by Crippen LogP contribution is 2.33. The van der Waals surface area contributed by atoms with Crippen LogP contribution in [0.25, 0.3) is 0 Å². The summed E-state index contributed by atoms with van der Waals surface area (Å²) in [7, 11) is 0. The second kappa shape index (κ2) is 8.50. The smallest absolute Gasteiger partial charge is 0.0290 e. The van der Waals surface area contributed by atoms with Gasteiger partial charge in [-0.3, -0.25) is 0 Å². The number of hydrogen-bond donors (Lipinski definition) is 0. The highest BCUT2D eigenvalue weighted by atomic mass is 32.2. The molecule has 3 rings (SSSR count). The topological polar surface area (TPSA) is 0 Å². The molecule has 22 heavy (non-hydrogen) atoms. The number of allylic oxidation sites excluding steroid dienone is 6. The summed E-state index contributed by atoms with van der Waals surface area (Å²) in [6.45, 7) is 0. The predicted octanol–water partition coefficient (Wildman–Crippen LogP) is 6.22. The quantitative estimate of drug-likeness (QED) is 0.569. The molecule has 0 N–H and O–H groups in total. The molecular formula is C20H21S2. The van der Waals surface area contributed by atoms with Crippen LogP contribution in [0.3, 0.4) is 0 Å². The molecule has 0 aliphatic heterocycles. The summed E-state index contributed by atoms with van der Waals surface area (Å²) in [5.41, 5.74) is 2.90. The fourth-order valence-corrected chi connectivity index (χ4v) is 4.64. The van der Waals surface area contributed by atoms with Gasteiger partial charge in [-0.05, 0) is 49.0 Å². The number of rotatable bonds is 6. The fourth-order valence-electron chi connectivity index (χ4n) is 2.50. The molecule has 0 unspecified atom stereocenters. The minimum Gasteiger partial charge on any atom is -0.120 e. The van der Waals surface area contributed by atoms with Crippen LogP contribution in [0.5, 0.6) is 0 Å². The molecule has 0 aromatic heterocycles. The molecule has 0 nitrogen and oxygen atoms in total. The molecule has 2 aliphatic rings. The SMILES string of the molecule is [c]1cccc(SCC2=CCCC=C2)c1SCC1=CCCC=C1. The van der Waals surface area contributed by atoms with E-state index in [0.29, 0.717) is 0 Å². The zero-order valence-electron chi connectivity index (χ0n) is 12.8. The minimum atomic E-state index is 1.05. The lowest BCUT2D eigenvalue weighted by Gasteiger charge is -2.11. The average Bonchev–Trinajstić information content (AvgIpc) is 2.61. The van der Waals surface area contributed by atoms with Crippen molar-refractivity contribution in [1.82, 2.24) is 0 Å². The van der Waals surface area contributed by atoms with E-state index in [1.54, 1.807) is 0 Å². The zero-order chi connectivity index (χ0) is 15.0. The molecule has 0 bridgehead atoms. The summed E-state index contributed by atoms with van der Waals surface area (Å²) < 4.78 is 0. The van der Waals surface area contributed by atoms with Gasteiger partial charge >= 0.3 is 0 Å². The van der Waals surface area contributed by atoms with Crippen molar-refractivity contribution in [2.45, 2.75) is 35.5 Å². The second-order valence-corrected chi connectivity index (χ2v) is 7.46. The Morgan fingerprint density at radius 1 is 0.864 bits per heavy atom. The van der Waals surface area contributed by atoms with Crippen LogP contribution >= 0.6 is 23.5 Å². The molecule has 1 aromatic rings. The van der Waals surface area contributed by atoms with Crippen molar-refractivity contribution in [3.63, 3.8) is 0 Å². The molecule has 2 aliphatic carbocycles. The first-order valence-corrected chi connectivity index (χ1v) is 9.86. The summed E-state index contributed by atoms with van der Waals surface area (Å²) in [5.74, 6) is 2.11. The normalized spacial score (nSPS) is 17.3. The van der Waals surface area contributed by atoms with Gasteiger partial charge in [0, 0.05) is 21.3 Å². The Labute approximate surface area is 142 Å². The summed E-state index contributed by atoms with van der Waals surface area (Å²) in [4.78, 5) is 2.64. The molecule has 0 spiro atoms. The lowest BCUT2D eigenvalue weighted by atomic mass is 10.1. The maximum absolute atomic E-state index is 3.42. The summed E-state index contributed by atoms with van der Waals surface area (Å²) in [6, 6.07) is 9.76. The van der Waals surface area contributed by atoms with E-state index in [1.807, 2.05) is 29.6 Å². The largest absolute Gasteiger partial charge is 0.120 e. The first-order chi connectivity index (χ1) is 10.9. The lowest BCUT2D eigenvalue weighted by Crippen LogP contribution is -1.91. The van der Waals surface area contributed by atoms with Gasteiger partial charge in [-0.15, -0.1) is 23.5 Å². The molecule has 0 fully saturated rings. The molecule has 2 heteroatoms. The fraction of sp³-hybridized carbons (Fsp3) is 0.300. The molecule has 113 valence electrons. The van der Waals surface area contributed by atoms with Crippen LogP contribution in [0.1, 0.15) is 25.7 Å². The van der Waals surface area contributed by atoms with Gasteiger partial charge in [0.25, 0.3) is 0 Å². The second-order valence-electron chi connectivity index (χ2n) is 5.46. The maximum Gasteiger partial charge on any atom is 0.0290 e. The summed E-state index contributed by atoms with van der Waals surface area (Å²) >= 11 is 3.84. The third kappa shape index (κ3) is 4.69. The Morgan fingerprint density at radius 3 is 2.18 bits per heavy atom. The monoisotopic (exact) mass is 325 g/mol. The van der Waals surface area contributed by atoms with Gasteiger partial charge in [0.15, 0.2) is 0 Å². The van der Waals surface area contributed by atoms with Gasteiger partial charge in [-0.2, -0.15) is 0 Å². The average molecular weight is 326 g/mol. The molecule has 0 saturated carbocycles. The lowest BCUT2D eigenvalue weighted by molar-refractivity contribution is 1.02. The van der Waals surface area contributed by atoms with Gasteiger partial charge in [0.1, 0.15) is 0 Å². The van der Waals surface area contributed by atoms with E-state index in [2.05, 4.69) is 54.7 Å². The van der Waals surface area contributed by atoms with Crippen molar-refractivity contribution in [2.75, 3.05) is 11.5 Å². The van der Waals surface area contributed by atoms with Crippen LogP contribution in [-0.4, -0.2) is 11.5 Å². The molecule has 0 saturated heterocycles. The summed E-state index contributed by atoms with van der Waals surface area (Å²) in [6.07, 6.45) is 18.6. The third-order valence-corrected chi connectivity index (χ3v) is 6.07. The Morgan fingerprint density at radius 2 is 1.55 bits per heavy atom. The minimum absolute atomic E-state index is 1.05. The van der Waals surface area contributed by atoms with Crippen LogP contribution in [0.2, 0.25) is 0 Å². The molecule has 0 amide bonds. The van der Waals surface area contributed by atoms with E-state index >= 15 is 0 Å². The van der Waals surface area contributed by atoms with Gasteiger partial charge in [-0.25, -0.2) is 0 Å². The highest BCUT2D eigenvalue weighted by Gasteiger charge is 2.07. The summed E-state index contributed by atoms with van der Waals surface area (Å²) in [5, 5.41) is 0. The van der Waals surface area contributed by atoms with Crippen LogP contribution in [0, 0.1) is 6.07 Å². The standard InChI is InChI=1S/C20H21S2/c1-3-9-17(10-4-1)15-21-19-13-7-8-14-20(19)22-16-18-11-5-2-6-12-18/h3,5,7-13H,1-2,4,6,15-16H2. The number of thioether (sulfide) groups is 2. The zero-order valence-corrected chi connectivity index (χ0v) is 14.4. The molecule has 1 radical (unpaired) electrons.